The molecule has 1 saturated carbocycles. The summed E-state index contributed by atoms with van der Waals surface area (Å²) >= 11 is 0. The molecule has 11 nitrogen and oxygen atoms in total. The van der Waals surface area contributed by atoms with Gasteiger partial charge in [-0.3, -0.25) is 0 Å². The van der Waals surface area contributed by atoms with Gasteiger partial charge in [-0.05, 0) is 0 Å². The minimum absolute atomic E-state index is 0.228. The molecule has 4 aliphatic heterocycles. The Morgan fingerprint density at radius 2 is 1.86 bits per heavy atom. The second kappa shape index (κ2) is 3.88. The molecule has 0 aromatic heterocycles. The first-order valence-corrected chi connectivity index (χ1v) is 6.72. The quantitative estimate of drug-likeness (QED) is 0.231. The molecule has 9 atom stereocenters. The van der Waals surface area contributed by atoms with Gasteiger partial charge in [-0.25, -0.2) is 4.99 Å². The highest BCUT2D eigenvalue weighted by atomic mass is 16.9. The van der Waals surface area contributed by atoms with E-state index in [1.165, 1.54) is 0 Å². The maximum atomic E-state index is 10.6. The number of rotatable bonds is 1. The number of hydrogen-bond donors (Lipinski definition) is 7. The van der Waals surface area contributed by atoms with Crippen molar-refractivity contribution in [1.29, 1.82) is 0 Å². The second-order valence-corrected chi connectivity index (χ2v) is 6.02. The Labute approximate surface area is 123 Å². The molecule has 1 aliphatic carbocycles. The Kier molecular flexibility index (Phi) is 2.57. The van der Waals surface area contributed by atoms with Crippen LogP contribution in [0.4, 0.5) is 0 Å². The highest BCUT2D eigenvalue weighted by Crippen LogP contribution is 2.58. The number of methoxy groups -OCH3 is 1. The van der Waals surface area contributed by atoms with Crippen LogP contribution in [0.15, 0.2) is 4.99 Å². The van der Waals surface area contributed by atoms with E-state index in [0.29, 0.717) is 0 Å². The van der Waals surface area contributed by atoms with Crippen LogP contribution in [-0.4, -0.2) is 86.5 Å². The number of nitrogens with two attached hydrogens (primary N) is 1. The highest BCUT2D eigenvalue weighted by molar-refractivity contribution is 5.80. The van der Waals surface area contributed by atoms with Crippen molar-refractivity contribution in [2.75, 3.05) is 7.11 Å². The molecule has 0 radical (unpaired) electrons. The van der Waals surface area contributed by atoms with Crippen LogP contribution in [0, 0.1) is 5.92 Å². The van der Waals surface area contributed by atoms with Gasteiger partial charge in [-0.1, -0.05) is 0 Å². The number of aliphatic imine (C=N–C) groups is 1. The fraction of sp³-hybridized carbons (Fsp3) is 0.909. The molecule has 124 valence electrons. The van der Waals surface area contributed by atoms with Crippen LogP contribution in [0.5, 0.6) is 0 Å². The van der Waals surface area contributed by atoms with Gasteiger partial charge in [0.2, 0.25) is 5.79 Å². The normalized spacial score (nSPS) is 62.4. The number of ether oxygens (including phenoxy) is 3. The fourth-order valence-corrected chi connectivity index (χ4v) is 4.15. The first-order valence-electron chi connectivity index (χ1n) is 6.72. The Balaban J connectivity index is 1.95. The molecule has 1 unspecified atom stereocenters. The Morgan fingerprint density at radius 1 is 1.23 bits per heavy atom. The van der Waals surface area contributed by atoms with Crippen LogP contribution in [0.25, 0.3) is 0 Å². The van der Waals surface area contributed by atoms with Crippen LogP contribution in [-0.2, 0) is 14.2 Å². The van der Waals surface area contributed by atoms with E-state index in [-0.39, 0.29) is 5.96 Å². The lowest BCUT2D eigenvalue weighted by Crippen LogP contribution is -2.95. The lowest BCUT2D eigenvalue weighted by molar-refractivity contribution is -0.570. The summed E-state index contributed by atoms with van der Waals surface area (Å²) in [6, 6.07) is 0. The molecular weight excluding hydrogens is 302 g/mol. The molecule has 3 saturated heterocycles. The zero-order valence-electron chi connectivity index (χ0n) is 11.4. The van der Waals surface area contributed by atoms with Crippen molar-refractivity contribution in [3.05, 3.63) is 0 Å². The number of nitrogens with zero attached hydrogens (tertiary/aromatic N) is 1. The van der Waals surface area contributed by atoms with Crippen molar-refractivity contribution in [2.45, 2.75) is 47.9 Å². The predicted octanol–water partition coefficient (Wildman–Crippen LogP) is -4.91. The minimum Gasteiger partial charge on any atom is -0.388 e. The summed E-state index contributed by atoms with van der Waals surface area (Å²) in [4.78, 5) is 3.72. The molecular formula is C11H17N3O8. The average Bonchev–Trinajstić information content (AvgIpc) is 2.45. The van der Waals surface area contributed by atoms with Gasteiger partial charge >= 0.3 is 5.97 Å². The summed E-state index contributed by atoms with van der Waals surface area (Å²) in [5.41, 5.74) is 3.88. The van der Waals surface area contributed by atoms with E-state index in [1.54, 1.807) is 0 Å². The number of guanidine groups is 1. The number of aliphatic hydroxyl groups is 5. The van der Waals surface area contributed by atoms with Crippen LogP contribution in [0.1, 0.15) is 0 Å². The van der Waals surface area contributed by atoms with Gasteiger partial charge in [0.1, 0.15) is 23.9 Å². The van der Waals surface area contributed by atoms with Gasteiger partial charge in [0.05, 0.1) is 5.92 Å². The number of nitrogens with one attached hydrogen (secondary N) is 1. The third-order valence-corrected chi connectivity index (χ3v) is 5.12. The molecule has 0 aromatic carbocycles. The van der Waals surface area contributed by atoms with Gasteiger partial charge < -0.3 is 50.8 Å². The average molecular weight is 319 g/mol. The number of hydrogen-bond acceptors (Lipinski definition) is 11. The van der Waals surface area contributed by atoms with Crippen LogP contribution >= 0.6 is 0 Å². The van der Waals surface area contributed by atoms with Crippen molar-refractivity contribution in [1.82, 2.24) is 5.32 Å². The molecule has 4 fully saturated rings. The molecule has 11 heteroatoms. The zero-order chi connectivity index (χ0) is 16.1. The van der Waals surface area contributed by atoms with Gasteiger partial charge in [-0.15, -0.1) is 0 Å². The molecule has 8 N–H and O–H groups in total. The van der Waals surface area contributed by atoms with Crippen molar-refractivity contribution < 1.29 is 39.7 Å². The SMILES string of the molecule is CO[C@@]1(O)[C@@H]2O[C@]3(O)O[C@H]1[C@@H](O)C1(NC(N)=N[C@H](O)[C@@H]21)[C@@H]3O. The van der Waals surface area contributed by atoms with E-state index >= 15 is 0 Å². The topological polar surface area (TPSA) is 179 Å². The molecule has 4 heterocycles. The van der Waals surface area contributed by atoms with Crippen molar-refractivity contribution in [3.63, 3.8) is 0 Å². The van der Waals surface area contributed by atoms with E-state index in [0.717, 1.165) is 7.11 Å². The zero-order valence-corrected chi connectivity index (χ0v) is 11.4. The lowest BCUT2D eigenvalue weighted by atomic mass is 9.57. The molecule has 0 amide bonds. The third-order valence-electron chi connectivity index (χ3n) is 5.12. The summed E-state index contributed by atoms with van der Waals surface area (Å²) in [6.45, 7) is 0. The maximum absolute atomic E-state index is 10.6. The van der Waals surface area contributed by atoms with Gasteiger partial charge in [0.25, 0.3) is 0 Å². The van der Waals surface area contributed by atoms with E-state index in [1.807, 2.05) is 0 Å². The van der Waals surface area contributed by atoms with Gasteiger partial charge in [-0.2, -0.15) is 0 Å². The number of aliphatic hydroxyl groups excluding tert-OH is 3. The van der Waals surface area contributed by atoms with Crippen LogP contribution < -0.4 is 11.1 Å². The monoisotopic (exact) mass is 319 g/mol. The van der Waals surface area contributed by atoms with Crippen LogP contribution in [0.2, 0.25) is 0 Å². The smallest absolute Gasteiger partial charge is 0.311 e. The van der Waals surface area contributed by atoms with E-state index in [2.05, 4.69) is 10.3 Å². The molecule has 0 aromatic rings. The van der Waals surface area contributed by atoms with Gasteiger partial charge in [0.15, 0.2) is 18.3 Å². The first-order chi connectivity index (χ1) is 10.2. The first kappa shape index (κ1) is 14.5. The molecule has 5 aliphatic rings. The van der Waals surface area contributed by atoms with Crippen molar-refractivity contribution in [3.8, 4) is 0 Å². The summed E-state index contributed by atoms with van der Waals surface area (Å²) in [6.07, 6.45) is -7.63. The Hall–Kier alpha value is -1.05. The summed E-state index contributed by atoms with van der Waals surface area (Å²) in [7, 11) is 1.16. The largest absolute Gasteiger partial charge is 0.388 e. The van der Waals surface area contributed by atoms with Crippen molar-refractivity contribution in [2.24, 2.45) is 16.6 Å². The van der Waals surface area contributed by atoms with E-state index in [9.17, 15) is 25.5 Å². The maximum Gasteiger partial charge on any atom is 0.311 e. The van der Waals surface area contributed by atoms with Crippen molar-refractivity contribution >= 4 is 5.96 Å². The molecule has 1 spiro atoms. The standard InChI is InChI=1S/C11H17N3O8/c1-20-10(18)4-2-6(16)13-8(12)14-9(2)3(15)5(10)22-11(19,21-4)7(9)17/h2-7,15-19H,1H3,(H3,12,13,14)/t2-,3-,4-,5+,6-,7+,9?,10+,11+/m1/s1. The predicted molar refractivity (Wildman–Crippen MR) is 65.7 cm³/mol. The summed E-state index contributed by atoms with van der Waals surface area (Å²) in [5.74, 6) is -6.01. The van der Waals surface area contributed by atoms with E-state index in [4.69, 9.17) is 19.9 Å². The third kappa shape index (κ3) is 1.28. The second-order valence-electron chi connectivity index (χ2n) is 6.02. The molecule has 5 rings (SSSR count). The summed E-state index contributed by atoms with van der Waals surface area (Å²) < 4.78 is 15.4. The lowest BCUT2D eigenvalue weighted by Gasteiger charge is -2.70. The molecule has 22 heavy (non-hydrogen) atoms. The van der Waals surface area contributed by atoms with E-state index < -0.39 is 53.9 Å². The fourth-order valence-electron chi connectivity index (χ4n) is 4.15. The van der Waals surface area contributed by atoms with Crippen LogP contribution in [0.3, 0.4) is 0 Å². The Bertz CT molecular complexity index is 561. The summed E-state index contributed by atoms with van der Waals surface area (Å²) in [5, 5.41) is 54.9. The highest BCUT2D eigenvalue weighted by Gasteiger charge is 2.83. The Morgan fingerprint density at radius 3 is 2.50 bits per heavy atom. The van der Waals surface area contributed by atoms with Gasteiger partial charge in [0, 0.05) is 7.11 Å². The minimum atomic E-state index is -2.49. The molecule has 4 bridgehead atoms.